The fourth-order valence-electron chi connectivity index (χ4n) is 2.89. The maximum Gasteiger partial charge on any atom is 0.328 e. The number of carbonyl (C=O) groups excluding carboxylic acids is 2. The van der Waals surface area contributed by atoms with Gasteiger partial charge in [0.1, 0.15) is 17.2 Å². The van der Waals surface area contributed by atoms with E-state index in [1.807, 2.05) is 0 Å². The summed E-state index contributed by atoms with van der Waals surface area (Å²) in [6.45, 7) is 0.779. The van der Waals surface area contributed by atoms with Crippen LogP contribution in [0.5, 0.6) is 17.2 Å². The van der Waals surface area contributed by atoms with Gasteiger partial charge >= 0.3 is 5.97 Å². The molecule has 0 unspecified atom stereocenters. The van der Waals surface area contributed by atoms with E-state index in [9.17, 15) is 19.5 Å². The standard InChI is InChI=1S/C22H21NO8/c1-12(24)20(22(27)28)23-19(25)11-30-15-6-7-16-17(10-15)31-18(21(16)26)9-13-4-3-5-14(8-13)29-2/h3-10,12,20,24H,11H2,1-2H3,(H,23,25)(H,27,28)/b18-9-/t12-,20-/m0/s1. The molecule has 0 aliphatic carbocycles. The van der Waals surface area contributed by atoms with Crippen LogP contribution in [0.1, 0.15) is 22.8 Å². The second-order valence-electron chi connectivity index (χ2n) is 6.79. The van der Waals surface area contributed by atoms with E-state index >= 15 is 0 Å². The molecule has 1 heterocycles. The highest BCUT2D eigenvalue weighted by Gasteiger charge is 2.28. The van der Waals surface area contributed by atoms with Crippen molar-refractivity contribution >= 4 is 23.7 Å². The lowest BCUT2D eigenvalue weighted by Gasteiger charge is -2.17. The highest BCUT2D eigenvalue weighted by atomic mass is 16.5. The molecule has 162 valence electrons. The number of fused-ring (bicyclic) bond motifs is 1. The molecule has 3 N–H and O–H groups in total. The molecular weight excluding hydrogens is 406 g/mol. The Morgan fingerprint density at radius 1 is 1.19 bits per heavy atom. The number of hydrogen-bond acceptors (Lipinski definition) is 7. The molecule has 0 bridgehead atoms. The first-order valence-corrected chi connectivity index (χ1v) is 9.34. The van der Waals surface area contributed by atoms with Crippen LogP contribution in [0.25, 0.3) is 6.08 Å². The normalized spacial score (nSPS) is 15.6. The number of Topliss-reactive ketones (excluding diaryl/α,β-unsaturated/α-hetero) is 1. The van der Waals surface area contributed by atoms with Crippen LogP contribution < -0.4 is 19.5 Å². The third kappa shape index (κ3) is 5.20. The summed E-state index contributed by atoms with van der Waals surface area (Å²) < 4.78 is 16.2. The van der Waals surface area contributed by atoms with Gasteiger partial charge in [0.05, 0.1) is 18.8 Å². The summed E-state index contributed by atoms with van der Waals surface area (Å²) in [6, 6.07) is 10.2. The molecule has 0 saturated heterocycles. The van der Waals surface area contributed by atoms with Crippen molar-refractivity contribution in [2.75, 3.05) is 13.7 Å². The van der Waals surface area contributed by atoms with E-state index in [-0.39, 0.29) is 23.0 Å². The Labute approximate surface area is 177 Å². The number of benzene rings is 2. The van der Waals surface area contributed by atoms with Gasteiger partial charge in [-0.05, 0) is 42.8 Å². The van der Waals surface area contributed by atoms with E-state index < -0.39 is 30.6 Å². The van der Waals surface area contributed by atoms with Crippen LogP contribution in [0, 0.1) is 0 Å². The third-order valence-electron chi connectivity index (χ3n) is 4.47. The second kappa shape index (κ2) is 9.31. The van der Waals surface area contributed by atoms with Gasteiger partial charge in [-0.25, -0.2) is 4.79 Å². The summed E-state index contributed by atoms with van der Waals surface area (Å²) in [6.07, 6.45) is 0.330. The molecule has 0 radical (unpaired) electrons. The van der Waals surface area contributed by atoms with E-state index in [0.29, 0.717) is 11.3 Å². The van der Waals surface area contributed by atoms with E-state index in [2.05, 4.69) is 5.32 Å². The zero-order chi connectivity index (χ0) is 22.5. The molecule has 1 aliphatic heterocycles. The van der Waals surface area contributed by atoms with Gasteiger partial charge in [-0.15, -0.1) is 0 Å². The fraction of sp³-hybridized carbons (Fsp3) is 0.227. The lowest BCUT2D eigenvalue weighted by atomic mass is 10.1. The molecule has 3 rings (SSSR count). The maximum atomic E-state index is 12.6. The van der Waals surface area contributed by atoms with Crippen molar-refractivity contribution in [3.63, 3.8) is 0 Å². The van der Waals surface area contributed by atoms with Gasteiger partial charge in [0.2, 0.25) is 5.78 Å². The maximum absolute atomic E-state index is 12.6. The number of aliphatic carboxylic acids is 1. The Morgan fingerprint density at radius 3 is 2.65 bits per heavy atom. The molecule has 9 nitrogen and oxygen atoms in total. The molecule has 1 aliphatic rings. The molecule has 2 aromatic rings. The van der Waals surface area contributed by atoms with Crippen LogP contribution in [0.15, 0.2) is 48.2 Å². The number of amides is 1. The Balaban J connectivity index is 1.67. The van der Waals surface area contributed by atoms with Crippen molar-refractivity contribution < 1.29 is 38.8 Å². The molecule has 2 atom stereocenters. The Bertz CT molecular complexity index is 1040. The van der Waals surface area contributed by atoms with Gasteiger partial charge in [-0.1, -0.05) is 12.1 Å². The smallest absolute Gasteiger partial charge is 0.328 e. The number of rotatable bonds is 8. The van der Waals surface area contributed by atoms with Crippen LogP contribution in [0.3, 0.4) is 0 Å². The zero-order valence-electron chi connectivity index (χ0n) is 16.8. The van der Waals surface area contributed by atoms with E-state index in [4.69, 9.17) is 19.3 Å². The molecule has 9 heteroatoms. The minimum Gasteiger partial charge on any atom is -0.497 e. The van der Waals surface area contributed by atoms with Gasteiger partial charge in [-0.3, -0.25) is 9.59 Å². The highest BCUT2D eigenvalue weighted by molar-refractivity contribution is 6.14. The number of allylic oxidation sites excluding steroid dienone is 1. The van der Waals surface area contributed by atoms with E-state index in [1.165, 1.54) is 25.1 Å². The summed E-state index contributed by atoms with van der Waals surface area (Å²) in [5.74, 6) is -1.04. The Hall–Kier alpha value is -3.85. The quantitative estimate of drug-likeness (QED) is 0.542. The average molecular weight is 427 g/mol. The van der Waals surface area contributed by atoms with Crippen LogP contribution >= 0.6 is 0 Å². The van der Waals surface area contributed by atoms with Crippen molar-refractivity contribution in [2.45, 2.75) is 19.1 Å². The van der Waals surface area contributed by atoms with Crippen LogP contribution in [0.4, 0.5) is 0 Å². The Morgan fingerprint density at radius 2 is 1.97 bits per heavy atom. The SMILES string of the molecule is COc1cccc(/C=C2\Oc3cc(OCC(=O)N[C@H](C(=O)O)[C@H](C)O)ccc3C2=O)c1. The molecule has 0 fully saturated rings. The van der Waals surface area contributed by atoms with Gasteiger partial charge in [0.15, 0.2) is 18.4 Å². The Kier molecular flexibility index (Phi) is 6.56. The number of carboxylic acids is 1. The summed E-state index contributed by atoms with van der Waals surface area (Å²) in [7, 11) is 1.55. The van der Waals surface area contributed by atoms with Crippen LogP contribution in [-0.2, 0) is 9.59 Å². The summed E-state index contributed by atoms with van der Waals surface area (Å²) >= 11 is 0. The predicted octanol–water partition coefficient (Wildman–Crippen LogP) is 1.64. The molecule has 0 spiro atoms. The minimum atomic E-state index is -1.44. The lowest BCUT2D eigenvalue weighted by molar-refractivity contribution is -0.145. The molecule has 0 saturated carbocycles. The number of aliphatic hydroxyl groups is 1. The largest absolute Gasteiger partial charge is 0.497 e. The number of carboxylic acid groups (broad SMARTS) is 1. The summed E-state index contributed by atoms with van der Waals surface area (Å²) in [5.41, 5.74) is 1.08. The number of aliphatic hydroxyl groups excluding tert-OH is 1. The molecule has 31 heavy (non-hydrogen) atoms. The summed E-state index contributed by atoms with van der Waals surface area (Å²) in [5, 5.41) is 20.6. The van der Waals surface area contributed by atoms with Crippen molar-refractivity contribution in [1.82, 2.24) is 5.32 Å². The number of ether oxygens (including phenoxy) is 3. The number of ketones is 1. The molecule has 1 amide bonds. The van der Waals surface area contributed by atoms with Gasteiger partial charge in [0, 0.05) is 6.07 Å². The molecular formula is C22H21NO8. The van der Waals surface area contributed by atoms with E-state index in [0.717, 1.165) is 5.56 Å². The molecule has 0 aromatic heterocycles. The van der Waals surface area contributed by atoms with E-state index in [1.54, 1.807) is 37.5 Å². The van der Waals surface area contributed by atoms with Crippen molar-refractivity contribution in [2.24, 2.45) is 0 Å². The van der Waals surface area contributed by atoms with Crippen molar-refractivity contribution in [3.8, 4) is 17.2 Å². The topological polar surface area (TPSA) is 131 Å². The number of hydrogen-bond donors (Lipinski definition) is 3. The van der Waals surface area contributed by atoms with Crippen LogP contribution in [0.2, 0.25) is 0 Å². The summed E-state index contributed by atoms with van der Waals surface area (Å²) in [4.78, 5) is 35.5. The zero-order valence-corrected chi connectivity index (χ0v) is 16.8. The minimum absolute atomic E-state index is 0.138. The monoisotopic (exact) mass is 427 g/mol. The first kappa shape index (κ1) is 21.8. The lowest BCUT2D eigenvalue weighted by Crippen LogP contribution is -2.49. The fourth-order valence-corrected chi connectivity index (χ4v) is 2.89. The van der Waals surface area contributed by atoms with Gasteiger partial charge in [0.25, 0.3) is 5.91 Å². The second-order valence-corrected chi connectivity index (χ2v) is 6.79. The number of nitrogens with one attached hydrogen (secondary N) is 1. The van der Waals surface area contributed by atoms with Crippen molar-refractivity contribution in [3.05, 3.63) is 59.4 Å². The van der Waals surface area contributed by atoms with Gasteiger partial charge in [-0.2, -0.15) is 0 Å². The predicted molar refractivity (Wildman–Crippen MR) is 109 cm³/mol. The first-order chi connectivity index (χ1) is 14.8. The van der Waals surface area contributed by atoms with Crippen molar-refractivity contribution in [1.29, 1.82) is 0 Å². The number of methoxy groups -OCH3 is 1. The first-order valence-electron chi connectivity index (χ1n) is 9.34. The van der Waals surface area contributed by atoms with Gasteiger partial charge < -0.3 is 29.7 Å². The molecule has 2 aromatic carbocycles. The average Bonchev–Trinajstić information content (AvgIpc) is 3.04. The highest BCUT2D eigenvalue weighted by Crippen LogP contribution is 2.35. The third-order valence-corrected chi connectivity index (χ3v) is 4.47. The van der Waals surface area contributed by atoms with Crippen LogP contribution in [-0.4, -0.2) is 53.7 Å². The number of carbonyl (C=O) groups is 3.